The van der Waals surface area contributed by atoms with E-state index in [1.54, 1.807) is 12.1 Å². The second kappa shape index (κ2) is 6.43. The van der Waals surface area contributed by atoms with Crippen molar-refractivity contribution < 1.29 is 9.13 Å². The topological polar surface area (TPSA) is 21.3 Å². The molecule has 100 valence electrons. The van der Waals surface area contributed by atoms with Crippen LogP contribution in [0.3, 0.4) is 0 Å². The summed E-state index contributed by atoms with van der Waals surface area (Å²) >= 11 is 2.01. The molecular weight excluding hydrogens is 249 g/mol. The molecule has 1 saturated heterocycles. The van der Waals surface area contributed by atoms with Crippen LogP contribution in [0.2, 0.25) is 0 Å². The van der Waals surface area contributed by atoms with E-state index in [4.69, 9.17) is 4.74 Å². The van der Waals surface area contributed by atoms with E-state index < -0.39 is 0 Å². The fourth-order valence-electron chi connectivity index (χ4n) is 2.47. The van der Waals surface area contributed by atoms with Gasteiger partial charge in [0.25, 0.3) is 0 Å². The third kappa shape index (κ3) is 3.18. The molecule has 0 spiro atoms. The summed E-state index contributed by atoms with van der Waals surface area (Å²) in [5.74, 6) is 3.20. The Balaban J connectivity index is 2.04. The van der Waals surface area contributed by atoms with E-state index in [2.05, 4.69) is 5.32 Å². The molecule has 0 radical (unpaired) electrons. The number of halogens is 1. The Morgan fingerprint density at radius 3 is 2.94 bits per heavy atom. The van der Waals surface area contributed by atoms with E-state index in [1.165, 1.54) is 25.0 Å². The summed E-state index contributed by atoms with van der Waals surface area (Å²) in [5.41, 5.74) is 1.03. The lowest BCUT2D eigenvalue weighted by molar-refractivity contribution is 0.383. The Morgan fingerprint density at radius 2 is 2.39 bits per heavy atom. The monoisotopic (exact) mass is 269 g/mol. The molecular formula is C14H20FNOS. The van der Waals surface area contributed by atoms with Crippen LogP contribution < -0.4 is 10.1 Å². The van der Waals surface area contributed by atoms with Crippen molar-refractivity contribution in [3.63, 3.8) is 0 Å². The Kier molecular flexibility index (Phi) is 4.89. The standard InChI is InChI=1S/C14H20FNOS/c1-16-13(11-5-6-18-9-11)8-10-3-4-14(17-2)12(15)7-10/h3-4,7,11,13,16H,5-6,8-9H2,1-2H3. The number of rotatable bonds is 5. The van der Waals surface area contributed by atoms with Gasteiger partial charge in [-0.1, -0.05) is 6.07 Å². The number of nitrogens with one attached hydrogen (secondary N) is 1. The first-order valence-electron chi connectivity index (χ1n) is 6.32. The van der Waals surface area contributed by atoms with Gasteiger partial charge in [0.1, 0.15) is 0 Å². The molecule has 18 heavy (non-hydrogen) atoms. The highest BCUT2D eigenvalue weighted by Crippen LogP contribution is 2.28. The number of hydrogen-bond acceptors (Lipinski definition) is 3. The van der Waals surface area contributed by atoms with Gasteiger partial charge in [0.2, 0.25) is 0 Å². The van der Waals surface area contributed by atoms with Gasteiger partial charge >= 0.3 is 0 Å². The van der Waals surface area contributed by atoms with Gasteiger partial charge in [-0.05, 0) is 55.0 Å². The fraction of sp³-hybridized carbons (Fsp3) is 0.571. The summed E-state index contributed by atoms with van der Waals surface area (Å²) < 4.78 is 18.6. The molecule has 0 bridgehead atoms. The van der Waals surface area contributed by atoms with Gasteiger partial charge in [0.05, 0.1) is 7.11 Å². The second-order valence-electron chi connectivity index (χ2n) is 4.69. The highest BCUT2D eigenvalue weighted by atomic mass is 32.2. The van der Waals surface area contributed by atoms with Crippen molar-refractivity contribution in [3.05, 3.63) is 29.6 Å². The zero-order chi connectivity index (χ0) is 13.0. The molecule has 1 heterocycles. The smallest absolute Gasteiger partial charge is 0.165 e. The lowest BCUT2D eigenvalue weighted by atomic mass is 9.93. The van der Waals surface area contributed by atoms with Crippen molar-refractivity contribution in [1.29, 1.82) is 0 Å². The summed E-state index contributed by atoms with van der Waals surface area (Å²) in [4.78, 5) is 0. The minimum absolute atomic E-state index is 0.273. The maximum Gasteiger partial charge on any atom is 0.165 e. The molecule has 1 N–H and O–H groups in total. The number of thioether (sulfide) groups is 1. The Morgan fingerprint density at radius 1 is 1.56 bits per heavy atom. The van der Waals surface area contributed by atoms with E-state index in [0.717, 1.165) is 12.0 Å². The van der Waals surface area contributed by atoms with E-state index in [-0.39, 0.29) is 5.82 Å². The van der Waals surface area contributed by atoms with Crippen molar-refractivity contribution in [2.24, 2.45) is 5.92 Å². The molecule has 0 aromatic heterocycles. The Labute approximate surface area is 112 Å². The zero-order valence-electron chi connectivity index (χ0n) is 10.9. The number of hydrogen-bond donors (Lipinski definition) is 1. The van der Waals surface area contributed by atoms with Crippen molar-refractivity contribution in [3.8, 4) is 5.75 Å². The van der Waals surface area contributed by atoms with Gasteiger partial charge < -0.3 is 10.1 Å². The largest absolute Gasteiger partial charge is 0.494 e. The molecule has 2 rings (SSSR count). The van der Waals surface area contributed by atoms with E-state index in [1.807, 2.05) is 24.9 Å². The van der Waals surface area contributed by atoms with Crippen LogP contribution in [0.5, 0.6) is 5.75 Å². The van der Waals surface area contributed by atoms with E-state index >= 15 is 0 Å². The quantitative estimate of drug-likeness (QED) is 0.888. The van der Waals surface area contributed by atoms with Crippen molar-refractivity contribution >= 4 is 11.8 Å². The summed E-state index contributed by atoms with van der Waals surface area (Å²) in [6.45, 7) is 0. The zero-order valence-corrected chi connectivity index (χ0v) is 11.7. The second-order valence-corrected chi connectivity index (χ2v) is 5.84. The van der Waals surface area contributed by atoms with Crippen LogP contribution in [0.4, 0.5) is 4.39 Å². The van der Waals surface area contributed by atoms with Crippen molar-refractivity contribution in [1.82, 2.24) is 5.32 Å². The van der Waals surface area contributed by atoms with E-state index in [0.29, 0.717) is 17.7 Å². The van der Waals surface area contributed by atoms with Gasteiger partial charge in [-0.25, -0.2) is 4.39 Å². The summed E-state index contributed by atoms with van der Waals surface area (Å²) in [6, 6.07) is 5.69. The fourth-order valence-corrected chi connectivity index (χ4v) is 3.80. The van der Waals surface area contributed by atoms with Gasteiger partial charge in [0, 0.05) is 6.04 Å². The predicted octanol–water partition coefficient (Wildman–Crippen LogP) is 2.72. The maximum atomic E-state index is 13.6. The molecule has 1 fully saturated rings. The summed E-state index contributed by atoms with van der Waals surface area (Å²) in [5, 5.41) is 3.37. The summed E-state index contributed by atoms with van der Waals surface area (Å²) in [7, 11) is 3.48. The third-order valence-electron chi connectivity index (χ3n) is 3.58. The highest BCUT2D eigenvalue weighted by molar-refractivity contribution is 7.99. The van der Waals surface area contributed by atoms with Gasteiger partial charge in [-0.2, -0.15) is 11.8 Å². The van der Waals surface area contributed by atoms with Crippen LogP contribution in [0.1, 0.15) is 12.0 Å². The SMILES string of the molecule is CNC(Cc1ccc(OC)c(F)c1)C1CCSC1. The van der Waals surface area contributed by atoms with Crippen LogP contribution in [0.25, 0.3) is 0 Å². The number of likely N-dealkylation sites (N-methyl/N-ethyl adjacent to an activating group) is 1. The summed E-state index contributed by atoms with van der Waals surface area (Å²) in [6.07, 6.45) is 2.14. The van der Waals surface area contributed by atoms with Gasteiger partial charge in [-0.3, -0.25) is 0 Å². The van der Waals surface area contributed by atoms with Crippen LogP contribution in [0, 0.1) is 11.7 Å². The van der Waals surface area contributed by atoms with Gasteiger partial charge in [-0.15, -0.1) is 0 Å². The van der Waals surface area contributed by atoms with Gasteiger partial charge in [0.15, 0.2) is 11.6 Å². The number of benzene rings is 1. The molecule has 1 aromatic rings. The first kappa shape index (κ1) is 13.7. The van der Waals surface area contributed by atoms with Crippen molar-refractivity contribution in [2.75, 3.05) is 25.7 Å². The molecule has 0 saturated carbocycles. The van der Waals surface area contributed by atoms with Crippen LogP contribution in [-0.4, -0.2) is 31.7 Å². The van der Waals surface area contributed by atoms with Crippen LogP contribution in [0.15, 0.2) is 18.2 Å². The Hall–Kier alpha value is -0.740. The molecule has 4 heteroatoms. The molecule has 2 atom stereocenters. The number of methoxy groups -OCH3 is 1. The lowest BCUT2D eigenvalue weighted by Crippen LogP contribution is -2.35. The van der Waals surface area contributed by atoms with Crippen molar-refractivity contribution in [2.45, 2.75) is 18.9 Å². The first-order chi connectivity index (χ1) is 8.74. The molecule has 1 aromatic carbocycles. The molecule has 0 aliphatic carbocycles. The average Bonchev–Trinajstić information content (AvgIpc) is 2.90. The average molecular weight is 269 g/mol. The molecule has 2 nitrogen and oxygen atoms in total. The third-order valence-corrected chi connectivity index (χ3v) is 4.76. The van der Waals surface area contributed by atoms with Crippen LogP contribution >= 0.6 is 11.8 Å². The molecule has 1 aliphatic heterocycles. The van der Waals surface area contributed by atoms with Crippen LogP contribution in [-0.2, 0) is 6.42 Å². The molecule has 0 amide bonds. The highest BCUT2D eigenvalue weighted by Gasteiger charge is 2.24. The Bertz CT molecular complexity index is 393. The maximum absolute atomic E-state index is 13.6. The predicted molar refractivity (Wildman–Crippen MR) is 74.9 cm³/mol. The van der Waals surface area contributed by atoms with E-state index in [9.17, 15) is 4.39 Å². The molecule has 2 unspecified atom stereocenters. The normalized spacial score (nSPS) is 20.9. The molecule has 1 aliphatic rings. The minimum atomic E-state index is -0.273. The number of ether oxygens (including phenoxy) is 1. The minimum Gasteiger partial charge on any atom is -0.494 e. The lowest BCUT2D eigenvalue weighted by Gasteiger charge is -2.22. The first-order valence-corrected chi connectivity index (χ1v) is 7.47.